The minimum Gasteiger partial charge on any atom is -0.469 e. The normalized spacial score (nSPS) is 11.4. The molecule has 0 aliphatic heterocycles. The fourth-order valence-corrected chi connectivity index (χ4v) is 3.36. The third kappa shape index (κ3) is 4.84. The van der Waals surface area contributed by atoms with E-state index in [-0.39, 0.29) is 23.8 Å². The maximum atomic E-state index is 12.4. The lowest BCUT2D eigenvalue weighted by atomic mass is 10.2. The van der Waals surface area contributed by atoms with Gasteiger partial charge in [-0.15, -0.1) is 0 Å². The fraction of sp³-hybridized carbons (Fsp3) is 0.167. The second kappa shape index (κ2) is 8.03. The zero-order valence-corrected chi connectivity index (χ0v) is 14.7. The molecule has 0 atom stereocenters. The van der Waals surface area contributed by atoms with Crippen molar-refractivity contribution in [2.24, 2.45) is 0 Å². The number of aryl methyl sites for hydroxylation is 1. The Morgan fingerprint density at radius 3 is 2.38 bits per heavy atom. The van der Waals surface area contributed by atoms with Crippen molar-refractivity contribution in [2.75, 3.05) is 5.32 Å². The summed E-state index contributed by atoms with van der Waals surface area (Å²) < 4.78 is 37.5. The number of sulfonamides is 1. The van der Waals surface area contributed by atoms with E-state index in [0.717, 1.165) is 5.76 Å². The van der Waals surface area contributed by atoms with Crippen LogP contribution in [-0.2, 0) is 27.8 Å². The Morgan fingerprint density at radius 2 is 1.69 bits per heavy atom. The number of anilines is 1. The number of hydrogen-bond donors (Lipinski definition) is 2. The van der Waals surface area contributed by atoms with Crippen molar-refractivity contribution in [3.05, 3.63) is 72.6 Å². The lowest BCUT2D eigenvalue weighted by Gasteiger charge is -2.09. The highest BCUT2D eigenvalue weighted by Gasteiger charge is 2.15. The van der Waals surface area contributed by atoms with Crippen LogP contribution in [0.2, 0.25) is 0 Å². The number of benzene rings is 1. The number of hydrogen-bond acceptors (Lipinski definition) is 5. The van der Waals surface area contributed by atoms with E-state index in [0.29, 0.717) is 17.9 Å². The van der Waals surface area contributed by atoms with Gasteiger partial charge >= 0.3 is 0 Å². The first-order valence-corrected chi connectivity index (χ1v) is 9.45. The van der Waals surface area contributed by atoms with Gasteiger partial charge in [0.15, 0.2) is 0 Å². The van der Waals surface area contributed by atoms with Crippen LogP contribution in [0.5, 0.6) is 0 Å². The summed E-state index contributed by atoms with van der Waals surface area (Å²) in [6, 6.07) is 13.0. The van der Waals surface area contributed by atoms with Crippen molar-refractivity contribution in [3.8, 4) is 0 Å². The first-order valence-electron chi connectivity index (χ1n) is 7.97. The number of amides is 1. The zero-order chi connectivity index (χ0) is 18.4. The molecular formula is C18H18N2O5S. The van der Waals surface area contributed by atoms with Gasteiger partial charge in [0.05, 0.1) is 24.0 Å². The lowest BCUT2D eigenvalue weighted by molar-refractivity contribution is -0.116. The molecule has 26 heavy (non-hydrogen) atoms. The molecule has 7 nitrogen and oxygen atoms in total. The Kier molecular flexibility index (Phi) is 5.55. The summed E-state index contributed by atoms with van der Waals surface area (Å²) in [5, 5.41) is 2.70. The zero-order valence-electron chi connectivity index (χ0n) is 13.8. The molecule has 0 saturated heterocycles. The van der Waals surface area contributed by atoms with E-state index in [4.69, 9.17) is 8.83 Å². The predicted molar refractivity (Wildman–Crippen MR) is 94.8 cm³/mol. The van der Waals surface area contributed by atoms with Gasteiger partial charge < -0.3 is 14.2 Å². The van der Waals surface area contributed by atoms with Gasteiger partial charge in [0, 0.05) is 18.5 Å². The summed E-state index contributed by atoms with van der Waals surface area (Å²) in [5.74, 6) is 1.01. The third-order valence-electron chi connectivity index (χ3n) is 3.62. The summed E-state index contributed by atoms with van der Waals surface area (Å²) in [6.45, 7) is 0.0507. The molecule has 2 aromatic heterocycles. The van der Waals surface area contributed by atoms with Crippen molar-refractivity contribution >= 4 is 21.6 Å². The van der Waals surface area contributed by atoms with Crippen molar-refractivity contribution in [2.45, 2.75) is 24.3 Å². The molecule has 2 heterocycles. The molecule has 0 fully saturated rings. The van der Waals surface area contributed by atoms with Gasteiger partial charge in [0.1, 0.15) is 11.5 Å². The molecule has 3 rings (SSSR count). The molecule has 8 heteroatoms. The standard InChI is InChI=1S/C18H18N2O5S/c21-18(9-8-15-5-2-10-24-15)20-14-4-1-7-17(12-14)26(22,23)19-13-16-6-3-11-25-16/h1-7,10-12,19H,8-9,13H2,(H,20,21). The van der Waals surface area contributed by atoms with Gasteiger partial charge in [-0.3, -0.25) is 4.79 Å². The van der Waals surface area contributed by atoms with Crippen LogP contribution < -0.4 is 10.0 Å². The quantitative estimate of drug-likeness (QED) is 0.631. The van der Waals surface area contributed by atoms with Crippen LogP contribution in [0, 0.1) is 0 Å². The SMILES string of the molecule is O=C(CCc1ccco1)Nc1cccc(S(=O)(=O)NCc2ccco2)c1. The van der Waals surface area contributed by atoms with Crippen LogP contribution in [0.25, 0.3) is 0 Å². The topological polar surface area (TPSA) is 102 Å². The molecular weight excluding hydrogens is 356 g/mol. The second-order valence-electron chi connectivity index (χ2n) is 5.56. The molecule has 0 unspecified atom stereocenters. The summed E-state index contributed by atoms with van der Waals surface area (Å²) in [6.07, 6.45) is 3.74. The van der Waals surface area contributed by atoms with Gasteiger partial charge in [-0.1, -0.05) is 6.07 Å². The Hall–Kier alpha value is -2.84. The predicted octanol–water partition coefficient (Wildman–Crippen LogP) is 2.92. The Bertz CT molecular complexity index is 947. The highest BCUT2D eigenvalue weighted by atomic mass is 32.2. The molecule has 0 bridgehead atoms. The number of furan rings is 2. The molecule has 0 aliphatic rings. The van der Waals surface area contributed by atoms with Gasteiger partial charge in [-0.25, -0.2) is 13.1 Å². The number of rotatable bonds is 8. The molecule has 2 N–H and O–H groups in total. The Morgan fingerprint density at radius 1 is 0.962 bits per heavy atom. The molecule has 0 aliphatic carbocycles. The van der Waals surface area contributed by atoms with E-state index in [2.05, 4.69) is 10.0 Å². The summed E-state index contributed by atoms with van der Waals surface area (Å²) in [4.78, 5) is 12.1. The van der Waals surface area contributed by atoms with Gasteiger partial charge in [0.25, 0.3) is 0 Å². The van der Waals surface area contributed by atoms with E-state index in [1.165, 1.54) is 18.4 Å². The average molecular weight is 374 g/mol. The van der Waals surface area contributed by atoms with Crippen LogP contribution in [0.15, 0.2) is 74.8 Å². The van der Waals surface area contributed by atoms with E-state index in [1.54, 1.807) is 42.7 Å². The molecule has 0 radical (unpaired) electrons. The van der Waals surface area contributed by atoms with E-state index in [1.807, 2.05) is 0 Å². The summed E-state index contributed by atoms with van der Waals surface area (Å²) in [7, 11) is -3.72. The van der Waals surface area contributed by atoms with Gasteiger partial charge in [-0.05, 0) is 42.5 Å². The van der Waals surface area contributed by atoms with E-state index >= 15 is 0 Å². The van der Waals surface area contributed by atoms with E-state index < -0.39 is 10.0 Å². The largest absolute Gasteiger partial charge is 0.469 e. The van der Waals surface area contributed by atoms with Crippen LogP contribution in [-0.4, -0.2) is 14.3 Å². The van der Waals surface area contributed by atoms with Crippen molar-refractivity contribution in [3.63, 3.8) is 0 Å². The summed E-state index contributed by atoms with van der Waals surface area (Å²) in [5.41, 5.74) is 0.412. The highest BCUT2D eigenvalue weighted by molar-refractivity contribution is 7.89. The third-order valence-corrected chi connectivity index (χ3v) is 5.02. The smallest absolute Gasteiger partial charge is 0.241 e. The van der Waals surface area contributed by atoms with Gasteiger partial charge in [0.2, 0.25) is 15.9 Å². The molecule has 0 saturated carbocycles. The van der Waals surface area contributed by atoms with Crippen LogP contribution in [0.1, 0.15) is 17.9 Å². The van der Waals surface area contributed by atoms with Crippen LogP contribution >= 0.6 is 0 Å². The monoisotopic (exact) mass is 374 g/mol. The molecule has 1 aromatic carbocycles. The maximum Gasteiger partial charge on any atom is 0.241 e. The summed E-state index contributed by atoms with van der Waals surface area (Å²) >= 11 is 0. The lowest BCUT2D eigenvalue weighted by Crippen LogP contribution is -2.23. The Labute approximate surface area is 151 Å². The van der Waals surface area contributed by atoms with Crippen molar-refractivity contribution in [1.82, 2.24) is 4.72 Å². The van der Waals surface area contributed by atoms with Gasteiger partial charge in [-0.2, -0.15) is 0 Å². The Balaban J connectivity index is 1.60. The second-order valence-corrected chi connectivity index (χ2v) is 7.33. The average Bonchev–Trinajstić information content (AvgIpc) is 3.32. The number of carbonyl (C=O) groups excluding carboxylic acids is 1. The molecule has 3 aromatic rings. The van der Waals surface area contributed by atoms with Crippen molar-refractivity contribution in [1.29, 1.82) is 0 Å². The minimum absolute atomic E-state index is 0.0507. The number of carbonyl (C=O) groups is 1. The molecule has 1 amide bonds. The number of nitrogens with one attached hydrogen (secondary N) is 2. The van der Waals surface area contributed by atoms with Crippen LogP contribution in [0.3, 0.4) is 0 Å². The van der Waals surface area contributed by atoms with Crippen LogP contribution in [0.4, 0.5) is 5.69 Å². The van der Waals surface area contributed by atoms with E-state index in [9.17, 15) is 13.2 Å². The van der Waals surface area contributed by atoms with Crippen molar-refractivity contribution < 1.29 is 22.0 Å². The molecule has 136 valence electrons. The maximum absolute atomic E-state index is 12.4. The molecule has 0 spiro atoms. The minimum atomic E-state index is -3.72. The highest BCUT2D eigenvalue weighted by Crippen LogP contribution is 2.16. The first-order chi connectivity index (χ1) is 12.5. The fourth-order valence-electron chi connectivity index (χ4n) is 2.32. The first kappa shape index (κ1) is 18.0.